The summed E-state index contributed by atoms with van der Waals surface area (Å²) < 4.78 is 4.89. The summed E-state index contributed by atoms with van der Waals surface area (Å²) in [5.74, 6) is 2.63. The van der Waals surface area contributed by atoms with E-state index in [0.717, 1.165) is 19.3 Å². The summed E-state index contributed by atoms with van der Waals surface area (Å²) >= 11 is 0. The molecule has 0 radical (unpaired) electrons. The minimum atomic E-state index is -0.556. The highest BCUT2D eigenvalue weighted by molar-refractivity contribution is 5.81. The predicted octanol–water partition coefficient (Wildman–Crippen LogP) is 1.33. The summed E-state index contributed by atoms with van der Waals surface area (Å²) in [6.45, 7) is 2.50. The van der Waals surface area contributed by atoms with Gasteiger partial charge in [0.1, 0.15) is 5.54 Å². The Morgan fingerprint density at radius 3 is 2.93 bits per heavy atom. The number of methoxy groups -OCH3 is 1. The maximum atomic E-state index is 11.9. The lowest BCUT2D eigenvalue weighted by Gasteiger charge is -2.40. The second kappa shape index (κ2) is 5.18. The van der Waals surface area contributed by atoms with Gasteiger partial charge in [0.2, 0.25) is 0 Å². The molecular weight excluding hydrogens is 190 g/mol. The summed E-state index contributed by atoms with van der Waals surface area (Å²) in [7, 11) is 1.43. The van der Waals surface area contributed by atoms with Crippen molar-refractivity contribution in [1.29, 1.82) is 0 Å². The van der Waals surface area contributed by atoms with Gasteiger partial charge in [0, 0.05) is 0 Å². The number of rotatable bonds is 3. The zero-order valence-corrected chi connectivity index (χ0v) is 9.51. The molecule has 1 saturated carbocycles. The van der Waals surface area contributed by atoms with Crippen molar-refractivity contribution in [3.05, 3.63) is 0 Å². The van der Waals surface area contributed by atoms with Crippen LogP contribution in [0.4, 0.5) is 0 Å². The monoisotopic (exact) mass is 209 g/mol. The molecule has 1 rings (SSSR count). The Bertz CT molecular complexity index is 269. The molecule has 1 aliphatic carbocycles. The van der Waals surface area contributed by atoms with Gasteiger partial charge >= 0.3 is 5.97 Å². The summed E-state index contributed by atoms with van der Waals surface area (Å²) in [5, 5.41) is 3.17. The van der Waals surface area contributed by atoms with E-state index in [1.165, 1.54) is 13.5 Å². The molecule has 2 atom stereocenters. The molecule has 0 spiro atoms. The van der Waals surface area contributed by atoms with E-state index in [4.69, 9.17) is 11.2 Å². The fourth-order valence-electron chi connectivity index (χ4n) is 2.38. The van der Waals surface area contributed by atoms with Crippen LogP contribution in [-0.4, -0.2) is 25.2 Å². The molecule has 3 heteroatoms. The van der Waals surface area contributed by atoms with Crippen molar-refractivity contribution in [1.82, 2.24) is 5.32 Å². The lowest BCUT2D eigenvalue weighted by Crippen LogP contribution is -2.58. The lowest BCUT2D eigenvalue weighted by atomic mass is 9.73. The number of carbonyl (C=O) groups excluding carboxylic acids is 1. The third kappa shape index (κ3) is 2.32. The largest absolute Gasteiger partial charge is 0.468 e. The first-order valence-electron chi connectivity index (χ1n) is 5.44. The molecule has 1 fully saturated rings. The lowest BCUT2D eigenvalue weighted by molar-refractivity contribution is -0.152. The molecule has 0 aliphatic heterocycles. The van der Waals surface area contributed by atoms with Gasteiger partial charge in [-0.05, 0) is 18.8 Å². The summed E-state index contributed by atoms with van der Waals surface area (Å²) in [5.41, 5.74) is -0.556. The van der Waals surface area contributed by atoms with Gasteiger partial charge in [-0.1, -0.05) is 25.7 Å². The van der Waals surface area contributed by atoms with Crippen LogP contribution < -0.4 is 5.32 Å². The fraction of sp³-hybridized carbons (Fsp3) is 0.750. The molecule has 3 nitrogen and oxygen atoms in total. The minimum absolute atomic E-state index is 0.176. The number of esters is 1. The van der Waals surface area contributed by atoms with Crippen LogP contribution in [0.3, 0.4) is 0 Å². The number of hydrogen-bond acceptors (Lipinski definition) is 3. The Labute approximate surface area is 91.6 Å². The smallest absolute Gasteiger partial charge is 0.326 e. The first-order chi connectivity index (χ1) is 7.17. The van der Waals surface area contributed by atoms with E-state index < -0.39 is 5.54 Å². The van der Waals surface area contributed by atoms with Crippen LogP contribution in [0, 0.1) is 18.3 Å². The second-order valence-electron chi connectivity index (χ2n) is 4.17. The molecule has 0 heterocycles. The van der Waals surface area contributed by atoms with Crippen molar-refractivity contribution in [2.45, 2.75) is 38.1 Å². The molecule has 1 aliphatic rings. The number of hydrogen-bond donors (Lipinski definition) is 1. The maximum Gasteiger partial charge on any atom is 0.326 e. The van der Waals surface area contributed by atoms with Gasteiger partial charge in [0.15, 0.2) is 0 Å². The SMILES string of the molecule is C#CCNC1(C(=O)OC)CCCCC1C. The van der Waals surface area contributed by atoms with Gasteiger partial charge < -0.3 is 4.74 Å². The zero-order chi connectivity index (χ0) is 11.3. The average molecular weight is 209 g/mol. The Morgan fingerprint density at radius 2 is 2.40 bits per heavy atom. The van der Waals surface area contributed by atoms with Crippen molar-refractivity contribution in [2.24, 2.45) is 5.92 Å². The Balaban J connectivity index is 2.83. The number of carbonyl (C=O) groups is 1. The minimum Gasteiger partial charge on any atom is -0.468 e. The highest BCUT2D eigenvalue weighted by Crippen LogP contribution is 2.34. The topological polar surface area (TPSA) is 38.3 Å². The van der Waals surface area contributed by atoms with Crippen LogP contribution in [0.25, 0.3) is 0 Å². The maximum absolute atomic E-state index is 11.9. The van der Waals surface area contributed by atoms with Crippen molar-refractivity contribution >= 4 is 5.97 Å². The number of ether oxygens (including phenoxy) is 1. The Kier molecular flexibility index (Phi) is 4.16. The van der Waals surface area contributed by atoms with E-state index in [0.29, 0.717) is 6.54 Å². The molecule has 2 unspecified atom stereocenters. The molecule has 15 heavy (non-hydrogen) atoms. The van der Waals surface area contributed by atoms with Crippen LogP contribution in [0.1, 0.15) is 32.6 Å². The molecule has 0 amide bonds. The van der Waals surface area contributed by atoms with E-state index >= 15 is 0 Å². The van der Waals surface area contributed by atoms with Crippen molar-refractivity contribution in [2.75, 3.05) is 13.7 Å². The van der Waals surface area contributed by atoms with Crippen LogP contribution >= 0.6 is 0 Å². The molecule has 0 aromatic carbocycles. The summed E-state index contributed by atoms with van der Waals surface area (Å²) in [4.78, 5) is 11.9. The van der Waals surface area contributed by atoms with Gasteiger partial charge in [0.05, 0.1) is 13.7 Å². The third-order valence-corrected chi connectivity index (χ3v) is 3.36. The molecule has 0 aromatic rings. The fourth-order valence-corrected chi connectivity index (χ4v) is 2.38. The van der Waals surface area contributed by atoms with E-state index in [1.807, 2.05) is 0 Å². The standard InChI is InChI=1S/C12H19NO2/c1-4-9-13-12(11(14)15-3)8-6-5-7-10(12)2/h1,10,13H,5-9H2,2-3H3. The predicted molar refractivity (Wildman–Crippen MR) is 59.2 cm³/mol. The first-order valence-corrected chi connectivity index (χ1v) is 5.44. The van der Waals surface area contributed by atoms with Crippen molar-refractivity contribution in [3.8, 4) is 12.3 Å². The van der Waals surface area contributed by atoms with Crippen LogP contribution in [0.15, 0.2) is 0 Å². The van der Waals surface area contributed by atoms with Gasteiger partial charge in [0.25, 0.3) is 0 Å². The van der Waals surface area contributed by atoms with Crippen molar-refractivity contribution in [3.63, 3.8) is 0 Å². The van der Waals surface area contributed by atoms with Crippen LogP contribution in [0.2, 0.25) is 0 Å². The molecular formula is C12H19NO2. The Morgan fingerprint density at radius 1 is 1.67 bits per heavy atom. The van der Waals surface area contributed by atoms with Crippen LogP contribution in [-0.2, 0) is 9.53 Å². The molecule has 84 valence electrons. The van der Waals surface area contributed by atoms with Gasteiger partial charge in [-0.15, -0.1) is 6.42 Å². The molecule has 0 saturated heterocycles. The number of terminal acetylenes is 1. The first kappa shape index (κ1) is 12.1. The highest BCUT2D eigenvalue weighted by Gasteiger charge is 2.45. The normalized spacial score (nSPS) is 30.6. The van der Waals surface area contributed by atoms with Crippen LogP contribution in [0.5, 0.6) is 0 Å². The van der Waals surface area contributed by atoms with E-state index in [2.05, 4.69) is 18.2 Å². The number of nitrogens with one attached hydrogen (secondary N) is 1. The quantitative estimate of drug-likeness (QED) is 0.563. The third-order valence-electron chi connectivity index (χ3n) is 3.36. The molecule has 0 bridgehead atoms. The van der Waals surface area contributed by atoms with E-state index in [1.54, 1.807) is 0 Å². The average Bonchev–Trinajstić information content (AvgIpc) is 2.27. The van der Waals surface area contributed by atoms with Gasteiger partial charge in [-0.2, -0.15) is 0 Å². The van der Waals surface area contributed by atoms with Gasteiger partial charge in [-0.3, -0.25) is 10.1 Å². The van der Waals surface area contributed by atoms with E-state index in [9.17, 15) is 4.79 Å². The molecule has 1 N–H and O–H groups in total. The molecule has 0 aromatic heterocycles. The van der Waals surface area contributed by atoms with Gasteiger partial charge in [-0.25, -0.2) is 0 Å². The zero-order valence-electron chi connectivity index (χ0n) is 9.51. The summed E-state index contributed by atoms with van der Waals surface area (Å²) in [6.07, 6.45) is 9.33. The highest BCUT2D eigenvalue weighted by atomic mass is 16.5. The van der Waals surface area contributed by atoms with Crippen molar-refractivity contribution < 1.29 is 9.53 Å². The Hall–Kier alpha value is -1.01. The van der Waals surface area contributed by atoms with E-state index in [-0.39, 0.29) is 11.9 Å². The second-order valence-corrected chi connectivity index (χ2v) is 4.17. The summed E-state index contributed by atoms with van der Waals surface area (Å²) in [6, 6.07) is 0.